The Bertz CT molecular complexity index is 831. The molecule has 1 aliphatic carbocycles. The first-order chi connectivity index (χ1) is 14.1. The Morgan fingerprint density at radius 3 is 2.55 bits per heavy atom. The van der Waals surface area contributed by atoms with Crippen molar-refractivity contribution in [2.24, 2.45) is 0 Å². The topological polar surface area (TPSA) is 63.0 Å². The summed E-state index contributed by atoms with van der Waals surface area (Å²) in [4.78, 5) is 29.4. The van der Waals surface area contributed by atoms with E-state index >= 15 is 0 Å². The van der Waals surface area contributed by atoms with Crippen molar-refractivity contribution in [2.75, 3.05) is 26.2 Å². The highest BCUT2D eigenvalue weighted by atomic mass is 19.1. The molecule has 1 unspecified atom stereocenters. The lowest BCUT2D eigenvalue weighted by molar-refractivity contribution is -0.0371. The minimum atomic E-state index is -0.363. The predicted molar refractivity (Wildman–Crippen MR) is 104 cm³/mol. The zero-order chi connectivity index (χ0) is 20.2. The summed E-state index contributed by atoms with van der Waals surface area (Å²) in [6, 6.07) is 7.46. The first kappa shape index (κ1) is 19.6. The van der Waals surface area contributed by atoms with E-state index < -0.39 is 0 Å². The molecule has 2 amide bonds. The number of ether oxygens (including phenoxy) is 1. The van der Waals surface area contributed by atoms with E-state index in [2.05, 4.69) is 0 Å². The number of hydrogen-bond donors (Lipinski definition) is 0. The number of morpholine rings is 1. The SMILES string of the molecule is O=C(c1ccoc1)N1CCOC(CN(C(=O)c2ccc(F)cc2)C2CCCC2)C1. The molecule has 2 heterocycles. The summed E-state index contributed by atoms with van der Waals surface area (Å²) in [5, 5.41) is 0. The Hall–Kier alpha value is -2.67. The molecule has 1 aliphatic heterocycles. The minimum absolute atomic E-state index is 0.0932. The molecular weight excluding hydrogens is 375 g/mol. The van der Waals surface area contributed by atoms with Gasteiger partial charge in [-0.2, -0.15) is 0 Å². The molecule has 1 atom stereocenters. The third kappa shape index (κ3) is 4.50. The minimum Gasteiger partial charge on any atom is -0.472 e. The van der Waals surface area contributed by atoms with Crippen LogP contribution in [0.2, 0.25) is 0 Å². The molecule has 2 aliphatic rings. The van der Waals surface area contributed by atoms with Gasteiger partial charge in [-0.3, -0.25) is 9.59 Å². The fourth-order valence-corrected chi connectivity index (χ4v) is 4.17. The van der Waals surface area contributed by atoms with Gasteiger partial charge in [0.15, 0.2) is 0 Å². The van der Waals surface area contributed by atoms with Crippen molar-refractivity contribution in [2.45, 2.75) is 37.8 Å². The van der Waals surface area contributed by atoms with Crippen LogP contribution >= 0.6 is 0 Å². The number of carbonyl (C=O) groups excluding carboxylic acids is 2. The zero-order valence-electron chi connectivity index (χ0n) is 16.3. The molecule has 0 radical (unpaired) electrons. The van der Waals surface area contributed by atoms with E-state index in [4.69, 9.17) is 9.15 Å². The van der Waals surface area contributed by atoms with Gasteiger partial charge in [-0.25, -0.2) is 4.39 Å². The summed E-state index contributed by atoms with van der Waals surface area (Å²) in [7, 11) is 0. The number of carbonyl (C=O) groups is 2. The van der Waals surface area contributed by atoms with E-state index in [1.165, 1.54) is 36.8 Å². The highest BCUT2D eigenvalue weighted by molar-refractivity contribution is 5.95. The molecule has 2 aromatic rings. The highest BCUT2D eigenvalue weighted by Crippen LogP contribution is 2.26. The summed E-state index contributed by atoms with van der Waals surface area (Å²) in [5.41, 5.74) is 0.987. The van der Waals surface area contributed by atoms with Crippen molar-refractivity contribution in [1.29, 1.82) is 0 Å². The smallest absolute Gasteiger partial charge is 0.257 e. The molecule has 4 rings (SSSR count). The van der Waals surface area contributed by atoms with E-state index in [-0.39, 0.29) is 29.8 Å². The van der Waals surface area contributed by atoms with Gasteiger partial charge in [-0.15, -0.1) is 0 Å². The van der Waals surface area contributed by atoms with Crippen LogP contribution in [-0.2, 0) is 4.74 Å². The number of nitrogens with zero attached hydrogens (tertiary/aromatic N) is 2. The number of benzene rings is 1. The number of amides is 2. The maximum atomic E-state index is 13.3. The molecule has 1 saturated carbocycles. The van der Waals surface area contributed by atoms with Crippen LogP contribution in [0.15, 0.2) is 47.3 Å². The summed E-state index contributed by atoms with van der Waals surface area (Å²) in [6.07, 6.45) is 6.76. The van der Waals surface area contributed by atoms with E-state index in [0.717, 1.165) is 25.7 Å². The van der Waals surface area contributed by atoms with Crippen molar-refractivity contribution in [3.8, 4) is 0 Å². The first-order valence-corrected chi connectivity index (χ1v) is 10.1. The van der Waals surface area contributed by atoms with Crippen LogP contribution in [0.5, 0.6) is 0 Å². The van der Waals surface area contributed by atoms with Crippen LogP contribution in [0.1, 0.15) is 46.4 Å². The number of halogens is 1. The molecule has 1 aromatic carbocycles. The van der Waals surface area contributed by atoms with E-state index in [9.17, 15) is 14.0 Å². The van der Waals surface area contributed by atoms with Crippen LogP contribution in [0.4, 0.5) is 4.39 Å². The van der Waals surface area contributed by atoms with Crippen molar-refractivity contribution in [3.05, 3.63) is 59.8 Å². The second kappa shape index (κ2) is 8.78. The fraction of sp³-hybridized carbons (Fsp3) is 0.455. The van der Waals surface area contributed by atoms with Crippen LogP contribution in [0.3, 0.4) is 0 Å². The molecule has 7 heteroatoms. The van der Waals surface area contributed by atoms with Crippen LogP contribution in [-0.4, -0.2) is 60.0 Å². The molecule has 154 valence electrons. The Morgan fingerprint density at radius 1 is 1.10 bits per heavy atom. The normalized spacial score (nSPS) is 20.0. The summed E-state index contributed by atoms with van der Waals surface area (Å²) in [6.45, 7) is 1.77. The van der Waals surface area contributed by atoms with Gasteiger partial charge in [0, 0.05) is 31.2 Å². The number of hydrogen-bond acceptors (Lipinski definition) is 4. The largest absolute Gasteiger partial charge is 0.472 e. The summed E-state index contributed by atoms with van der Waals surface area (Å²) in [5.74, 6) is -0.568. The lowest BCUT2D eigenvalue weighted by Gasteiger charge is -2.37. The second-order valence-corrected chi connectivity index (χ2v) is 7.66. The van der Waals surface area contributed by atoms with Gasteiger partial charge in [-0.05, 0) is 43.2 Å². The lowest BCUT2D eigenvalue weighted by atomic mass is 10.1. The summed E-state index contributed by atoms with van der Waals surface area (Å²) < 4.78 is 24.2. The quantitative estimate of drug-likeness (QED) is 0.772. The van der Waals surface area contributed by atoms with Crippen LogP contribution < -0.4 is 0 Å². The molecule has 1 aromatic heterocycles. The molecule has 29 heavy (non-hydrogen) atoms. The van der Waals surface area contributed by atoms with Gasteiger partial charge < -0.3 is 19.0 Å². The van der Waals surface area contributed by atoms with Gasteiger partial charge in [0.1, 0.15) is 12.1 Å². The van der Waals surface area contributed by atoms with Gasteiger partial charge in [0.2, 0.25) is 0 Å². The Kier molecular flexibility index (Phi) is 5.94. The number of furan rings is 1. The second-order valence-electron chi connectivity index (χ2n) is 7.66. The van der Waals surface area contributed by atoms with Gasteiger partial charge >= 0.3 is 0 Å². The third-order valence-corrected chi connectivity index (χ3v) is 5.71. The van der Waals surface area contributed by atoms with Crippen LogP contribution in [0.25, 0.3) is 0 Å². The van der Waals surface area contributed by atoms with Crippen molar-refractivity contribution in [3.63, 3.8) is 0 Å². The molecule has 2 fully saturated rings. The van der Waals surface area contributed by atoms with Crippen molar-refractivity contribution >= 4 is 11.8 Å². The highest BCUT2D eigenvalue weighted by Gasteiger charge is 2.33. The Morgan fingerprint density at radius 2 is 1.86 bits per heavy atom. The first-order valence-electron chi connectivity index (χ1n) is 10.1. The van der Waals surface area contributed by atoms with Gasteiger partial charge in [0.25, 0.3) is 11.8 Å². The van der Waals surface area contributed by atoms with Crippen LogP contribution in [0, 0.1) is 5.82 Å². The lowest BCUT2D eigenvalue weighted by Crippen LogP contribution is -2.52. The fourth-order valence-electron chi connectivity index (χ4n) is 4.17. The van der Waals surface area contributed by atoms with E-state index in [0.29, 0.717) is 37.4 Å². The summed E-state index contributed by atoms with van der Waals surface area (Å²) >= 11 is 0. The third-order valence-electron chi connectivity index (χ3n) is 5.71. The molecule has 1 saturated heterocycles. The van der Waals surface area contributed by atoms with Crippen molar-refractivity contribution in [1.82, 2.24) is 9.80 Å². The maximum absolute atomic E-state index is 13.3. The van der Waals surface area contributed by atoms with E-state index in [1.54, 1.807) is 11.0 Å². The molecule has 0 bridgehead atoms. The Balaban J connectivity index is 1.47. The van der Waals surface area contributed by atoms with Gasteiger partial charge in [0.05, 0.1) is 24.5 Å². The number of rotatable bonds is 5. The molecule has 0 N–H and O–H groups in total. The standard InChI is InChI=1S/C22H25FN2O4/c23-18-7-5-16(6-8-18)22(27)25(19-3-1-2-4-19)14-20-13-24(10-12-29-20)21(26)17-9-11-28-15-17/h5-9,11,15,19-20H,1-4,10,12-14H2. The average molecular weight is 400 g/mol. The average Bonchev–Trinajstić information content (AvgIpc) is 3.46. The zero-order valence-corrected chi connectivity index (χ0v) is 16.3. The molecule has 0 spiro atoms. The maximum Gasteiger partial charge on any atom is 0.257 e. The predicted octanol–water partition coefficient (Wildman–Crippen LogP) is 3.34. The Labute approximate surface area is 169 Å². The monoisotopic (exact) mass is 400 g/mol. The molecular formula is C22H25FN2O4. The van der Waals surface area contributed by atoms with Gasteiger partial charge in [-0.1, -0.05) is 12.8 Å². The molecule has 6 nitrogen and oxygen atoms in total. The van der Waals surface area contributed by atoms with Crippen molar-refractivity contribution < 1.29 is 23.1 Å². The van der Waals surface area contributed by atoms with E-state index in [1.807, 2.05) is 4.90 Å².